The number of hydrogen-bond donors (Lipinski definition) is 2. The van der Waals surface area contributed by atoms with Gasteiger partial charge in [0.1, 0.15) is 0 Å². The molecule has 1 aliphatic carbocycles. The Morgan fingerprint density at radius 2 is 1.95 bits per heavy atom. The van der Waals surface area contributed by atoms with Crippen LogP contribution in [0.4, 0.5) is 5.95 Å². The Kier molecular flexibility index (Phi) is 2.14. The zero-order valence-electron chi connectivity index (χ0n) is 10.6. The molecule has 1 aromatic carbocycles. The van der Waals surface area contributed by atoms with Crippen LogP contribution in [-0.4, -0.2) is 19.9 Å². The maximum Gasteiger partial charge on any atom is 0.280 e. The number of anilines is 1. The predicted octanol–water partition coefficient (Wildman–Crippen LogP) is 1.06. The minimum Gasteiger partial charge on any atom is -0.369 e. The number of nitrogen functional groups attached to an aromatic ring is 1. The van der Waals surface area contributed by atoms with Crippen molar-refractivity contribution in [3.8, 4) is 11.3 Å². The monoisotopic (exact) mass is 265 g/mol. The van der Waals surface area contributed by atoms with Crippen molar-refractivity contribution >= 4 is 17.1 Å². The van der Waals surface area contributed by atoms with Gasteiger partial charge in [-0.05, 0) is 18.4 Å². The number of nitrogens with one attached hydrogen (secondary N) is 1. The molecule has 4 rings (SSSR count). The minimum atomic E-state index is -0.346. The molecule has 0 saturated heterocycles. The summed E-state index contributed by atoms with van der Waals surface area (Å²) in [6.45, 7) is 0. The van der Waals surface area contributed by atoms with Crippen LogP contribution in [0.25, 0.3) is 22.4 Å². The number of aromatic nitrogens is 4. The summed E-state index contributed by atoms with van der Waals surface area (Å²) in [7, 11) is 0. The highest BCUT2D eigenvalue weighted by Gasteiger charge is 2.20. The maximum atomic E-state index is 11.9. The number of aromatic amines is 1. The van der Waals surface area contributed by atoms with Gasteiger partial charge in [-0.2, -0.15) is 4.98 Å². The van der Waals surface area contributed by atoms with Gasteiger partial charge in [0, 0.05) is 5.56 Å². The number of aryl methyl sites for hydroxylation is 2. The van der Waals surface area contributed by atoms with Crippen LogP contribution in [0.3, 0.4) is 0 Å². The van der Waals surface area contributed by atoms with E-state index < -0.39 is 0 Å². The quantitative estimate of drug-likeness (QED) is 0.633. The summed E-state index contributed by atoms with van der Waals surface area (Å²) in [6, 6.07) is 8.09. The Morgan fingerprint density at radius 3 is 2.85 bits per heavy atom. The topological polar surface area (TPSA) is 97.5 Å². The maximum absolute atomic E-state index is 11.9. The second-order valence-electron chi connectivity index (χ2n) is 4.80. The van der Waals surface area contributed by atoms with Crippen LogP contribution in [0.2, 0.25) is 0 Å². The van der Waals surface area contributed by atoms with Crippen molar-refractivity contribution in [3.05, 3.63) is 45.9 Å². The molecule has 0 spiro atoms. The Hall–Kier alpha value is -2.76. The molecule has 98 valence electrons. The summed E-state index contributed by atoms with van der Waals surface area (Å²) < 4.78 is 0. The van der Waals surface area contributed by atoms with Crippen molar-refractivity contribution < 1.29 is 0 Å². The smallest absolute Gasteiger partial charge is 0.280 e. The van der Waals surface area contributed by atoms with Gasteiger partial charge in [0.15, 0.2) is 11.2 Å². The van der Waals surface area contributed by atoms with Crippen LogP contribution in [0.1, 0.15) is 11.3 Å². The molecule has 2 aromatic heterocycles. The molecule has 2 heterocycles. The van der Waals surface area contributed by atoms with Crippen molar-refractivity contribution in [2.45, 2.75) is 12.8 Å². The van der Waals surface area contributed by atoms with E-state index in [-0.39, 0.29) is 17.0 Å². The Morgan fingerprint density at radius 1 is 1.10 bits per heavy atom. The van der Waals surface area contributed by atoms with Crippen LogP contribution in [0.5, 0.6) is 0 Å². The van der Waals surface area contributed by atoms with E-state index in [2.05, 4.69) is 26.0 Å². The molecule has 0 unspecified atom stereocenters. The lowest BCUT2D eigenvalue weighted by Crippen LogP contribution is -2.16. The third-order valence-corrected chi connectivity index (χ3v) is 3.54. The van der Waals surface area contributed by atoms with Crippen LogP contribution in [-0.2, 0) is 12.8 Å². The van der Waals surface area contributed by atoms with Crippen molar-refractivity contribution in [3.63, 3.8) is 0 Å². The molecule has 0 bridgehead atoms. The molecular weight excluding hydrogens is 254 g/mol. The number of benzene rings is 1. The van der Waals surface area contributed by atoms with E-state index in [4.69, 9.17) is 5.73 Å². The number of H-pyrrole nitrogens is 1. The third-order valence-electron chi connectivity index (χ3n) is 3.54. The summed E-state index contributed by atoms with van der Waals surface area (Å²) in [5.74, 6) is 0.0563. The number of nitrogens with zero attached hydrogens (tertiary/aromatic N) is 3. The SMILES string of the molecule is Nc1nc2nc3c(nc2c(=O)[nH]1)CCc1ccccc1-3. The van der Waals surface area contributed by atoms with Gasteiger partial charge < -0.3 is 5.73 Å². The summed E-state index contributed by atoms with van der Waals surface area (Å²) in [5.41, 5.74) is 9.70. The molecule has 3 aromatic rings. The standard InChI is InChI=1S/C14H11N5O/c15-14-18-12-11(13(20)19-14)16-9-6-5-7-3-1-2-4-8(7)10(9)17-12/h1-4H,5-6H2,(H3,15,17,18,19,20). The fourth-order valence-electron chi connectivity index (χ4n) is 2.62. The van der Waals surface area contributed by atoms with Gasteiger partial charge in [-0.25, -0.2) is 9.97 Å². The van der Waals surface area contributed by atoms with Crippen molar-refractivity contribution in [2.24, 2.45) is 0 Å². The summed E-state index contributed by atoms with van der Waals surface area (Å²) in [6.07, 6.45) is 1.68. The third kappa shape index (κ3) is 1.51. The molecule has 6 heteroatoms. The average Bonchev–Trinajstić information content (AvgIpc) is 2.45. The highest BCUT2D eigenvalue weighted by molar-refractivity contribution is 5.77. The van der Waals surface area contributed by atoms with E-state index in [1.54, 1.807) is 0 Å². The van der Waals surface area contributed by atoms with Gasteiger partial charge in [0.2, 0.25) is 5.95 Å². The summed E-state index contributed by atoms with van der Waals surface area (Å²) in [4.78, 5) is 27.3. The lowest BCUT2D eigenvalue weighted by Gasteiger charge is -2.17. The first kappa shape index (κ1) is 11.1. The molecule has 3 N–H and O–H groups in total. The highest BCUT2D eigenvalue weighted by atomic mass is 16.1. The van der Waals surface area contributed by atoms with E-state index in [0.717, 1.165) is 29.8 Å². The summed E-state index contributed by atoms with van der Waals surface area (Å²) in [5, 5.41) is 0. The van der Waals surface area contributed by atoms with Gasteiger partial charge in [-0.15, -0.1) is 0 Å². The number of hydrogen-bond acceptors (Lipinski definition) is 5. The van der Waals surface area contributed by atoms with Gasteiger partial charge in [0.25, 0.3) is 5.56 Å². The van der Waals surface area contributed by atoms with E-state index >= 15 is 0 Å². The fourth-order valence-corrected chi connectivity index (χ4v) is 2.62. The molecule has 0 radical (unpaired) electrons. The second-order valence-corrected chi connectivity index (χ2v) is 4.80. The first-order valence-corrected chi connectivity index (χ1v) is 6.37. The van der Waals surface area contributed by atoms with Crippen LogP contribution < -0.4 is 11.3 Å². The molecular formula is C14H11N5O. The molecule has 0 saturated carbocycles. The zero-order valence-corrected chi connectivity index (χ0v) is 10.6. The normalized spacial score (nSPS) is 13.0. The van der Waals surface area contributed by atoms with E-state index in [0.29, 0.717) is 5.65 Å². The lowest BCUT2D eigenvalue weighted by molar-refractivity contribution is 0.887. The lowest BCUT2D eigenvalue weighted by atomic mass is 9.92. The molecule has 0 amide bonds. The highest BCUT2D eigenvalue weighted by Crippen LogP contribution is 2.31. The number of nitrogens with two attached hydrogens (primary N) is 1. The van der Waals surface area contributed by atoms with Crippen LogP contribution in [0.15, 0.2) is 29.1 Å². The Balaban J connectivity index is 2.09. The number of fused-ring (bicyclic) bond motifs is 4. The van der Waals surface area contributed by atoms with Crippen LogP contribution >= 0.6 is 0 Å². The second kappa shape index (κ2) is 3.86. The zero-order chi connectivity index (χ0) is 13.7. The van der Waals surface area contributed by atoms with E-state index in [9.17, 15) is 4.79 Å². The Bertz CT molecular complexity index is 900. The van der Waals surface area contributed by atoms with Crippen molar-refractivity contribution in [1.82, 2.24) is 19.9 Å². The van der Waals surface area contributed by atoms with Crippen molar-refractivity contribution in [2.75, 3.05) is 5.73 Å². The molecule has 1 aliphatic rings. The first-order chi connectivity index (χ1) is 9.72. The number of rotatable bonds is 0. The van der Waals surface area contributed by atoms with Gasteiger partial charge in [-0.3, -0.25) is 9.78 Å². The molecule has 0 atom stereocenters. The van der Waals surface area contributed by atoms with E-state index in [1.165, 1.54) is 5.56 Å². The van der Waals surface area contributed by atoms with Crippen molar-refractivity contribution in [1.29, 1.82) is 0 Å². The molecule has 20 heavy (non-hydrogen) atoms. The molecule has 0 aliphatic heterocycles. The van der Waals surface area contributed by atoms with Gasteiger partial charge in [-0.1, -0.05) is 24.3 Å². The minimum absolute atomic E-state index is 0.0563. The Labute approximate surface area is 113 Å². The van der Waals surface area contributed by atoms with Gasteiger partial charge >= 0.3 is 0 Å². The molecule has 0 fully saturated rings. The first-order valence-electron chi connectivity index (χ1n) is 6.37. The summed E-state index contributed by atoms with van der Waals surface area (Å²) >= 11 is 0. The van der Waals surface area contributed by atoms with Gasteiger partial charge in [0.05, 0.1) is 11.4 Å². The largest absolute Gasteiger partial charge is 0.369 e. The predicted molar refractivity (Wildman–Crippen MR) is 75.2 cm³/mol. The fraction of sp³-hybridized carbons (Fsp3) is 0.143. The van der Waals surface area contributed by atoms with Crippen LogP contribution in [0, 0.1) is 0 Å². The average molecular weight is 265 g/mol. The molecule has 6 nitrogen and oxygen atoms in total. The van der Waals surface area contributed by atoms with E-state index in [1.807, 2.05) is 18.2 Å².